The maximum absolute atomic E-state index is 10.5. The second-order valence-corrected chi connectivity index (χ2v) is 8.73. The Morgan fingerprint density at radius 3 is 2.68 bits per heavy atom. The molecule has 2 aromatic carbocycles. The van der Waals surface area contributed by atoms with E-state index >= 15 is 0 Å². The number of nitrogens with one attached hydrogen (secondary N) is 1. The van der Waals surface area contributed by atoms with E-state index in [9.17, 15) is 9.59 Å². The van der Waals surface area contributed by atoms with Crippen LogP contribution in [-0.2, 0) is 17.8 Å². The van der Waals surface area contributed by atoms with Crippen molar-refractivity contribution < 1.29 is 14.3 Å². The second kappa shape index (κ2) is 13.8. The number of methoxy groups -OCH3 is 1. The molecule has 0 saturated heterocycles. The molecule has 1 N–H and O–H groups in total. The number of ether oxygens (including phenoxy) is 1. The van der Waals surface area contributed by atoms with Gasteiger partial charge in [-0.1, -0.05) is 26.2 Å². The fourth-order valence-corrected chi connectivity index (χ4v) is 4.49. The van der Waals surface area contributed by atoms with Crippen molar-refractivity contribution in [1.29, 1.82) is 0 Å². The molecule has 0 atom stereocenters. The monoisotopic (exact) mass is 442 g/mol. The molecular weight excluding hydrogens is 408 g/mol. The van der Waals surface area contributed by atoms with Crippen LogP contribution in [0, 0.1) is 0 Å². The van der Waals surface area contributed by atoms with Gasteiger partial charge in [-0.25, -0.2) is 0 Å². The van der Waals surface area contributed by atoms with Gasteiger partial charge in [0, 0.05) is 41.8 Å². The molecule has 6 heteroatoms. The molecule has 5 nitrogen and oxygen atoms in total. The zero-order chi connectivity index (χ0) is 22.5. The smallest absolute Gasteiger partial charge is 0.207 e. The van der Waals surface area contributed by atoms with Crippen LogP contribution in [0.3, 0.4) is 0 Å². The third-order valence-electron chi connectivity index (χ3n) is 5.26. The molecule has 31 heavy (non-hydrogen) atoms. The summed E-state index contributed by atoms with van der Waals surface area (Å²) in [4.78, 5) is 24.4. The molecular formula is C25H34N2O3S. The van der Waals surface area contributed by atoms with E-state index in [1.165, 1.54) is 60.5 Å². The van der Waals surface area contributed by atoms with E-state index in [4.69, 9.17) is 4.74 Å². The molecule has 2 aromatic rings. The number of nitrogens with zero attached hydrogens (tertiary/aromatic N) is 1. The van der Waals surface area contributed by atoms with E-state index < -0.39 is 0 Å². The van der Waals surface area contributed by atoms with E-state index in [0.717, 1.165) is 11.8 Å². The van der Waals surface area contributed by atoms with Crippen molar-refractivity contribution in [2.24, 2.45) is 0 Å². The van der Waals surface area contributed by atoms with Gasteiger partial charge in [0.2, 0.25) is 6.41 Å². The van der Waals surface area contributed by atoms with Crippen molar-refractivity contribution in [3.63, 3.8) is 0 Å². The van der Waals surface area contributed by atoms with Crippen molar-refractivity contribution in [1.82, 2.24) is 5.32 Å². The summed E-state index contributed by atoms with van der Waals surface area (Å²) in [5.74, 6) is 1.93. The van der Waals surface area contributed by atoms with E-state index in [1.54, 1.807) is 25.3 Å². The lowest BCUT2D eigenvalue weighted by atomic mass is 10.1. The van der Waals surface area contributed by atoms with Crippen molar-refractivity contribution >= 4 is 30.1 Å². The Morgan fingerprint density at radius 2 is 1.97 bits per heavy atom. The van der Waals surface area contributed by atoms with Crippen LogP contribution in [0.25, 0.3) is 0 Å². The summed E-state index contributed by atoms with van der Waals surface area (Å²) in [7, 11) is 3.73. The lowest BCUT2D eigenvalue weighted by Crippen LogP contribution is -2.12. The number of hydrogen-bond acceptors (Lipinski definition) is 5. The Kier molecular flexibility index (Phi) is 11.0. The Bertz CT molecular complexity index is 842. The van der Waals surface area contributed by atoms with Crippen LogP contribution in [0.1, 0.15) is 54.1 Å². The number of likely N-dealkylation sites (N-methyl/N-ethyl adjacent to an activating group) is 1. The number of fused-ring (bicyclic) bond motifs is 1. The first-order valence-electron chi connectivity index (χ1n) is 10.9. The summed E-state index contributed by atoms with van der Waals surface area (Å²) >= 11 is 2.02. The van der Waals surface area contributed by atoms with Crippen molar-refractivity contribution in [3.05, 3.63) is 53.1 Å². The molecule has 1 heterocycles. The van der Waals surface area contributed by atoms with Crippen LogP contribution in [-0.4, -0.2) is 39.2 Å². The third-order valence-corrected chi connectivity index (χ3v) is 6.34. The minimum absolute atomic E-state index is 0.356. The number of thioether (sulfide) groups is 1. The second-order valence-electron chi connectivity index (χ2n) is 7.56. The molecule has 1 aliphatic heterocycles. The highest BCUT2D eigenvalue weighted by atomic mass is 32.2. The molecule has 0 fully saturated rings. The van der Waals surface area contributed by atoms with Crippen LogP contribution in [0.4, 0.5) is 5.69 Å². The number of rotatable bonds is 11. The molecule has 0 unspecified atom stereocenters. The summed E-state index contributed by atoms with van der Waals surface area (Å²) in [6.45, 7) is 3.80. The predicted molar refractivity (Wildman–Crippen MR) is 130 cm³/mol. The average Bonchev–Trinajstić information content (AvgIpc) is 3.17. The number of carbonyl (C=O) groups is 2. The van der Waals surface area contributed by atoms with Gasteiger partial charge in [-0.2, -0.15) is 0 Å². The van der Waals surface area contributed by atoms with Crippen molar-refractivity contribution in [3.8, 4) is 5.75 Å². The molecule has 0 aliphatic carbocycles. The fraction of sp³-hybridized carbons (Fsp3) is 0.440. The number of anilines is 1. The zero-order valence-corrected chi connectivity index (χ0v) is 19.7. The van der Waals surface area contributed by atoms with Gasteiger partial charge in [0.15, 0.2) is 0 Å². The van der Waals surface area contributed by atoms with Gasteiger partial charge < -0.3 is 15.0 Å². The van der Waals surface area contributed by atoms with Crippen LogP contribution >= 0.6 is 11.8 Å². The highest BCUT2D eigenvalue weighted by Gasteiger charge is 2.15. The third kappa shape index (κ3) is 7.94. The molecule has 3 rings (SSSR count). The van der Waals surface area contributed by atoms with Crippen molar-refractivity contribution in [2.75, 3.05) is 31.4 Å². The molecule has 1 amide bonds. The summed E-state index contributed by atoms with van der Waals surface area (Å²) in [5.41, 5.74) is 4.31. The number of aldehydes is 1. The molecule has 0 spiro atoms. The van der Waals surface area contributed by atoms with Gasteiger partial charge >= 0.3 is 0 Å². The van der Waals surface area contributed by atoms with E-state index in [-0.39, 0.29) is 0 Å². The maximum Gasteiger partial charge on any atom is 0.207 e. The molecule has 0 bridgehead atoms. The average molecular weight is 443 g/mol. The summed E-state index contributed by atoms with van der Waals surface area (Å²) in [6, 6.07) is 12.0. The largest absolute Gasteiger partial charge is 0.496 e. The Morgan fingerprint density at radius 1 is 1.13 bits per heavy atom. The Labute approximate surface area is 190 Å². The highest BCUT2D eigenvalue weighted by molar-refractivity contribution is 7.99. The van der Waals surface area contributed by atoms with Crippen LogP contribution in [0.15, 0.2) is 41.3 Å². The maximum atomic E-state index is 10.5. The minimum atomic E-state index is 0.356. The summed E-state index contributed by atoms with van der Waals surface area (Å²) in [5, 5.41) is 2.51. The normalized spacial score (nSPS) is 11.9. The molecule has 168 valence electrons. The number of hydrogen-bond donors (Lipinski definition) is 1. The first-order chi connectivity index (χ1) is 15.1. The topological polar surface area (TPSA) is 58.6 Å². The lowest BCUT2D eigenvalue weighted by molar-refractivity contribution is -0.109. The molecule has 0 aromatic heterocycles. The zero-order valence-electron chi connectivity index (χ0n) is 18.9. The van der Waals surface area contributed by atoms with E-state index in [2.05, 4.69) is 42.4 Å². The Balaban J connectivity index is 0.000000225. The highest BCUT2D eigenvalue weighted by Crippen LogP contribution is 2.31. The Hall–Kier alpha value is -2.47. The number of benzene rings is 2. The van der Waals surface area contributed by atoms with Crippen molar-refractivity contribution in [2.45, 2.75) is 50.5 Å². The quantitative estimate of drug-likeness (QED) is 0.298. The fourth-order valence-electron chi connectivity index (χ4n) is 3.51. The first kappa shape index (κ1) is 24.8. The molecule has 0 saturated carbocycles. The van der Waals surface area contributed by atoms with Gasteiger partial charge in [-0.15, -0.1) is 11.8 Å². The van der Waals surface area contributed by atoms with Crippen LogP contribution in [0.5, 0.6) is 5.75 Å². The number of amides is 1. The van der Waals surface area contributed by atoms with Gasteiger partial charge in [0.05, 0.1) is 7.11 Å². The minimum Gasteiger partial charge on any atom is -0.496 e. The van der Waals surface area contributed by atoms with Crippen LogP contribution < -0.4 is 15.0 Å². The number of unbranched alkanes of at least 4 members (excludes halogenated alkanes) is 3. The molecule has 0 radical (unpaired) electrons. The van der Waals surface area contributed by atoms with Gasteiger partial charge in [0.1, 0.15) is 12.0 Å². The van der Waals surface area contributed by atoms with Gasteiger partial charge in [-0.05, 0) is 60.6 Å². The predicted octanol–water partition coefficient (Wildman–Crippen LogP) is 5.11. The van der Waals surface area contributed by atoms with Gasteiger partial charge in [0.25, 0.3) is 0 Å². The first-order valence-corrected chi connectivity index (χ1v) is 11.9. The SMILES string of the molecule is CCCCCCSc1ccc2c(c1)CCN2C.COc1ccc(C=O)cc1CNC=O. The lowest BCUT2D eigenvalue weighted by Gasteiger charge is -2.12. The van der Waals surface area contributed by atoms with E-state index in [1.807, 2.05) is 11.8 Å². The van der Waals surface area contributed by atoms with E-state index in [0.29, 0.717) is 24.3 Å². The summed E-state index contributed by atoms with van der Waals surface area (Å²) in [6.07, 6.45) is 8.03. The molecule has 1 aliphatic rings. The van der Waals surface area contributed by atoms with Crippen LogP contribution in [0.2, 0.25) is 0 Å². The summed E-state index contributed by atoms with van der Waals surface area (Å²) < 4.78 is 5.07. The standard InChI is InChI=1S/C15H23NS.C10H11NO3/c1-3-4-5-6-11-17-14-7-8-15-13(12-14)9-10-16(15)2;1-14-10-3-2-8(6-12)4-9(10)5-11-7-13/h7-8,12H,3-6,9-11H2,1-2H3;2-4,6-7H,5H2,1H3,(H,11,13). The number of carbonyl (C=O) groups excluding carboxylic acids is 2. The van der Waals surface area contributed by atoms with Gasteiger partial charge in [-0.3, -0.25) is 9.59 Å².